The third kappa shape index (κ3) is 4.45. The largest absolute Gasteiger partial charge is 0.507 e. The van der Waals surface area contributed by atoms with E-state index in [-0.39, 0.29) is 46.8 Å². The minimum absolute atomic E-state index is 0. The summed E-state index contributed by atoms with van der Waals surface area (Å²) in [7, 11) is 1.32. The van der Waals surface area contributed by atoms with Crippen LogP contribution in [0.1, 0.15) is 68.8 Å². The van der Waals surface area contributed by atoms with Gasteiger partial charge in [0.2, 0.25) is 5.78 Å². The van der Waals surface area contributed by atoms with E-state index in [0.717, 1.165) is 0 Å². The van der Waals surface area contributed by atoms with Crippen molar-refractivity contribution in [1.82, 2.24) is 0 Å². The number of Topliss-reactive ketones (excluding diaryl/α,β-unsaturated/α-hetero) is 1. The number of hydrogen-bond acceptors (Lipinski definition) is 12. The molecule has 0 amide bonds. The average molecular weight is 580 g/mol. The summed E-state index contributed by atoms with van der Waals surface area (Å²) in [6, 6.07) is 3.64. The maximum absolute atomic E-state index is 13.6. The van der Waals surface area contributed by atoms with Gasteiger partial charge in [0.1, 0.15) is 29.5 Å². The molecule has 216 valence electrons. The van der Waals surface area contributed by atoms with Crippen molar-refractivity contribution in [3.63, 3.8) is 0 Å². The van der Waals surface area contributed by atoms with Gasteiger partial charge in [-0.15, -0.1) is 12.4 Å². The molecule has 1 fully saturated rings. The van der Waals surface area contributed by atoms with E-state index in [2.05, 4.69) is 0 Å². The zero-order valence-electron chi connectivity index (χ0n) is 21.6. The topological polar surface area (TPSA) is 206 Å². The number of aliphatic hydroxyl groups excluding tert-OH is 2. The number of ketones is 3. The lowest BCUT2D eigenvalue weighted by atomic mass is 9.72. The van der Waals surface area contributed by atoms with Gasteiger partial charge in [-0.3, -0.25) is 14.4 Å². The van der Waals surface area contributed by atoms with E-state index in [1.165, 1.54) is 25.3 Å². The van der Waals surface area contributed by atoms with Crippen LogP contribution in [0.3, 0.4) is 0 Å². The Labute approximate surface area is 234 Å². The second-order valence-corrected chi connectivity index (χ2v) is 10.2. The molecule has 0 spiro atoms. The Kier molecular flexibility index (Phi) is 8.00. The van der Waals surface area contributed by atoms with Gasteiger partial charge in [0.25, 0.3) is 0 Å². The number of phenols is 2. The molecule has 5 rings (SSSR count). The van der Waals surface area contributed by atoms with Crippen molar-refractivity contribution >= 4 is 29.8 Å². The van der Waals surface area contributed by atoms with E-state index in [0.29, 0.717) is 0 Å². The fourth-order valence-corrected chi connectivity index (χ4v) is 5.75. The van der Waals surface area contributed by atoms with Crippen molar-refractivity contribution in [2.75, 3.05) is 13.7 Å². The van der Waals surface area contributed by atoms with E-state index in [1.54, 1.807) is 6.92 Å². The zero-order chi connectivity index (χ0) is 28.4. The molecular formula is C27H30ClNO11. The molecule has 7 N–H and O–H groups in total. The molecule has 0 bridgehead atoms. The summed E-state index contributed by atoms with van der Waals surface area (Å²) in [5, 5.41) is 53.7. The quantitative estimate of drug-likeness (QED) is 0.227. The van der Waals surface area contributed by atoms with Gasteiger partial charge in [-0.1, -0.05) is 12.1 Å². The van der Waals surface area contributed by atoms with Crippen molar-refractivity contribution in [2.24, 2.45) is 5.73 Å². The highest BCUT2D eigenvalue weighted by Gasteiger charge is 2.50. The third-order valence-electron chi connectivity index (χ3n) is 7.81. The fourth-order valence-electron chi connectivity index (χ4n) is 5.75. The van der Waals surface area contributed by atoms with E-state index >= 15 is 0 Å². The number of carbonyl (C=O) groups is 3. The Bertz CT molecular complexity index is 1380. The maximum atomic E-state index is 13.6. The molecule has 3 aliphatic rings. The lowest BCUT2D eigenvalue weighted by Crippen LogP contribution is -2.53. The van der Waals surface area contributed by atoms with Gasteiger partial charge < -0.3 is 45.5 Å². The smallest absolute Gasteiger partial charge is 0.202 e. The second-order valence-electron chi connectivity index (χ2n) is 10.2. The predicted octanol–water partition coefficient (Wildman–Crippen LogP) is 0.423. The van der Waals surface area contributed by atoms with Crippen molar-refractivity contribution in [3.8, 4) is 17.2 Å². The Balaban J connectivity index is 0.00000370. The number of methoxy groups -OCH3 is 1. The van der Waals surface area contributed by atoms with Gasteiger partial charge >= 0.3 is 0 Å². The van der Waals surface area contributed by atoms with Gasteiger partial charge in [-0.25, -0.2) is 0 Å². The van der Waals surface area contributed by atoms with E-state index in [1.807, 2.05) is 0 Å². The number of hydrogen-bond donors (Lipinski definition) is 6. The monoisotopic (exact) mass is 579 g/mol. The minimum Gasteiger partial charge on any atom is -0.507 e. The molecule has 1 aliphatic heterocycles. The molecule has 12 nitrogen and oxygen atoms in total. The lowest BCUT2D eigenvalue weighted by molar-refractivity contribution is -0.247. The third-order valence-corrected chi connectivity index (χ3v) is 7.81. The summed E-state index contributed by atoms with van der Waals surface area (Å²) in [5.41, 5.74) is 2.37. The van der Waals surface area contributed by atoms with Crippen molar-refractivity contribution in [3.05, 3.63) is 51.6 Å². The molecule has 0 unspecified atom stereocenters. The fraction of sp³-hybridized carbons (Fsp3) is 0.444. The number of fused-ring (bicyclic) bond motifs is 3. The number of nitrogens with two attached hydrogens (primary N) is 1. The molecule has 0 saturated carbocycles. The number of aliphatic hydroxyl groups is 3. The van der Waals surface area contributed by atoms with Crippen LogP contribution in [0.5, 0.6) is 17.2 Å². The second kappa shape index (κ2) is 10.7. The number of benzene rings is 2. The molecule has 0 radical (unpaired) electrons. The molecule has 2 aromatic rings. The Hall–Kier alpha value is -3.10. The van der Waals surface area contributed by atoms with E-state index in [9.17, 15) is 39.9 Å². The molecule has 0 aromatic heterocycles. The number of halogens is 1. The summed E-state index contributed by atoms with van der Waals surface area (Å²) < 4.78 is 17.0. The normalized spacial score (nSPS) is 29.1. The minimum atomic E-state index is -2.24. The predicted molar refractivity (Wildman–Crippen MR) is 139 cm³/mol. The maximum Gasteiger partial charge on any atom is 0.202 e. The first-order valence-corrected chi connectivity index (χ1v) is 12.4. The number of aromatic hydroxyl groups is 2. The number of ether oxygens (including phenoxy) is 3. The number of phenolic OH excluding ortho intramolecular Hbond substituents is 2. The zero-order valence-corrected chi connectivity index (χ0v) is 22.4. The van der Waals surface area contributed by atoms with Crippen LogP contribution < -0.4 is 10.5 Å². The van der Waals surface area contributed by atoms with E-state index < -0.39 is 95.7 Å². The molecule has 2 aliphatic carbocycles. The summed E-state index contributed by atoms with van der Waals surface area (Å²) >= 11 is 0. The highest BCUT2D eigenvalue weighted by molar-refractivity contribution is 6.31. The number of carbonyl (C=O) groups excluding carboxylic acids is 3. The average Bonchev–Trinajstić information content (AvgIpc) is 2.90. The van der Waals surface area contributed by atoms with Crippen LogP contribution in [-0.4, -0.2) is 86.7 Å². The number of rotatable bonds is 5. The summed E-state index contributed by atoms with van der Waals surface area (Å²) in [4.78, 5) is 39.7. The molecule has 40 heavy (non-hydrogen) atoms. The molecule has 1 heterocycles. The molecular weight excluding hydrogens is 550 g/mol. The first-order valence-electron chi connectivity index (χ1n) is 12.4. The van der Waals surface area contributed by atoms with Crippen LogP contribution in [0.25, 0.3) is 0 Å². The highest BCUT2D eigenvalue weighted by atomic mass is 35.5. The van der Waals surface area contributed by atoms with Gasteiger partial charge in [-0.2, -0.15) is 0 Å². The van der Waals surface area contributed by atoms with Crippen molar-refractivity contribution in [1.29, 1.82) is 0 Å². The SMILES string of the molecule is COc1cccc2c1C(=O)c1c(O)c3c(c(O)c1C2=O)C[C@@](O)(C(=O)CO)C[C@@H]3O[C@H]1C[C@H](N)[C@@H](O)[C@@H](C)O1.Cl. The Morgan fingerprint density at radius 3 is 2.45 bits per heavy atom. The van der Waals surface area contributed by atoms with Crippen molar-refractivity contribution < 1.29 is 54.1 Å². The van der Waals surface area contributed by atoms with Crippen LogP contribution in [0, 0.1) is 0 Å². The van der Waals surface area contributed by atoms with Gasteiger partial charge in [0, 0.05) is 42.0 Å². The van der Waals surface area contributed by atoms with Crippen LogP contribution in [0.2, 0.25) is 0 Å². The van der Waals surface area contributed by atoms with E-state index in [4.69, 9.17) is 19.9 Å². The van der Waals surface area contributed by atoms with Gasteiger partial charge in [-0.05, 0) is 13.0 Å². The Morgan fingerprint density at radius 2 is 1.82 bits per heavy atom. The van der Waals surface area contributed by atoms with Gasteiger partial charge in [0.15, 0.2) is 17.9 Å². The highest BCUT2D eigenvalue weighted by Crippen LogP contribution is 2.52. The summed E-state index contributed by atoms with van der Waals surface area (Å²) in [6.45, 7) is 0.560. The Morgan fingerprint density at radius 1 is 1.15 bits per heavy atom. The molecule has 6 atom stereocenters. The first-order chi connectivity index (χ1) is 18.4. The van der Waals surface area contributed by atoms with Crippen molar-refractivity contribution in [2.45, 2.75) is 62.4 Å². The summed E-state index contributed by atoms with van der Waals surface area (Å²) in [6.07, 6.45) is -5.12. The lowest BCUT2D eigenvalue weighted by Gasteiger charge is -2.42. The van der Waals surface area contributed by atoms with Crippen LogP contribution in [0.4, 0.5) is 0 Å². The standard InChI is InChI=1S/C27H29NO11.ClH/c1-10-22(31)13(28)6-17(38-10)39-15-8-27(36,16(30)9-29)7-12-19(15)26(35)21-20(24(12)33)23(32)11-4-3-5-14(37-2)18(11)25(21)34;/h3-5,10,13,15,17,22,29,31,33,35-36H,6-9,28H2,1-2H3;1H/t10-,13+,15+,17+,22+,27+;/m1./s1. The van der Waals surface area contributed by atoms with Crippen LogP contribution >= 0.6 is 12.4 Å². The molecule has 2 aromatic carbocycles. The van der Waals surface area contributed by atoms with Crippen LogP contribution in [0.15, 0.2) is 18.2 Å². The first kappa shape index (κ1) is 29.9. The molecule has 1 saturated heterocycles. The van der Waals surface area contributed by atoms with Crippen LogP contribution in [-0.2, 0) is 20.7 Å². The molecule has 13 heteroatoms. The summed E-state index contributed by atoms with van der Waals surface area (Å²) in [5.74, 6) is -3.77. The van der Waals surface area contributed by atoms with Gasteiger partial charge in [0.05, 0.1) is 42.1 Å².